The molecule has 1 aromatic heterocycles. The van der Waals surface area contributed by atoms with E-state index in [1.54, 1.807) is 17.4 Å². The van der Waals surface area contributed by atoms with Crippen LogP contribution in [-0.4, -0.2) is 16.0 Å². The lowest BCUT2D eigenvalue weighted by Gasteiger charge is -2.11. The third kappa shape index (κ3) is 1.14. The van der Waals surface area contributed by atoms with Crippen molar-refractivity contribution >= 4 is 17.4 Å². The zero-order valence-corrected chi connectivity index (χ0v) is 6.41. The SMILES string of the molecule is Oc1cc(N2CC=CO2)ns1. The van der Waals surface area contributed by atoms with E-state index in [-0.39, 0.29) is 5.06 Å². The summed E-state index contributed by atoms with van der Waals surface area (Å²) in [5.41, 5.74) is 0. The smallest absolute Gasteiger partial charge is 0.193 e. The molecule has 0 saturated heterocycles. The van der Waals surface area contributed by atoms with E-state index in [2.05, 4.69) is 4.37 Å². The molecule has 0 fully saturated rings. The van der Waals surface area contributed by atoms with Crippen LogP contribution in [0.4, 0.5) is 5.82 Å². The Hall–Kier alpha value is -1.23. The van der Waals surface area contributed by atoms with Crippen molar-refractivity contribution in [1.82, 2.24) is 4.37 Å². The van der Waals surface area contributed by atoms with Gasteiger partial charge < -0.3 is 9.94 Å². The Balaban J connectivity index is 2.17. The second-order valence-corrected chi connectivity index (χ2v) is 2.85. The van der Waals surface area contributed by atoms with Gasteiger partial charge in [0.2, 0.25) is 0 Å². The lowest BCUT2D eigenvalue weighted by atomic mass is 10.5. The van der Waals surface area contributed by atoms with Gasteiger partial charge in [0.1, 0.15) is 6.26 Å². The van der Waals surface area contributed by atoms with E-state index < -0.39 is 0 Å². The minimum absolute atomic E-state index is 0.204. The van der Waals surface area contributed by atoms with Gasteiger partial charge in [-0.05, 0) is 6.08 Å². The number of hydroxylamine groups is 1. The maximum absolute atomic E-state index is 8.97. The lowest BCUT2D eigenvalue weighted by Crippen LogP contribution is -2.16. The standard InChI is InChI=1S/C6H6N2O2S/c9-6-4-5(7-11-6)8-2-1-3-10-8/h1,3-4,9H,2H2. The molecule has 1 N–H and O–H groups in total. The Kier molecular flexibility index (Phi) is 1.43. The minimum Gasteiger partial charge on any atom is -0.498 e. The number of aromatic nitrogens is 1. The third-order valence-corrected chi connectivity index (χ3v) is 1.88. The van der Waals surface area contributed by atoms with Crippen LogP contribution in [0.2, 0.25) is 0 Å². The van der Waals surface area contributed by atoms with Crippen molar-refractivity contribution in [2.24, 2.45) is 0 Å². The minimum atomic E-state index is 0.204. The van der Waals surface area contributed by atoms with Crippen molar-refractivity contribution < 1.29 is 9.94 Å². The number of nitrogens with zero attached hydrogens (tertiary/aromatic N) is 2. The molecular formula is C6H6N2O2S. The largest absolute Gasteiger partial charge is 0.498 e. The van der Waals surface area contributed by atoms with Crippen molar-refractivity contribution in [2.45, 2.75) is 0 Å². The summed E-state index contributed by atoms with van der Waals surface area (Å²) in [5, 5.41) is 10.8. The van der Waals surface area contributed by atoms with Gasteiger partial charge in [0, 0.05) is 17.6 Å². The van der Waals surface area contributed by atoms with Gasteiger partial charge in [-0.3, -0.25) is 0 Å². The van der Waals surface area contributed by atoms with E-state index in [0.717, 1.165) is 11.5 Å². The highest BCUT2D eigenvalue weighted by molar-refractivity contribution is 7.07. The fraction of sp³-hybridized carbons (Fsp3) is 0.167. The molecule has 0 bridgehead atoms. The molecule has 11 heavy (non-hydrogen) atoms. The second-order valence-electron chi connectivity index (χ2n) is 2.06. The Bertz CT molecular complexity index is 276. The van der Waals surface area contributed by atoms with Crippen LogP contribution < -0.4 is 5.06 Å². The van der Waals surface area contributed by atoms with E-state index in [1.165, 1.54) is 0 Å². The number of hydrogen-bond acceptors (Lipinski definition) is 5. The zero-order chi connectivity index (χ0) is 7.68. The number of aromatic hydroxyl groups is 1. The molecule has 0 aromatic carbocycles. The van der Waals surface area contributed by atoms with Gasteiger partial charge >= 0.3 is 0 Å². The predicted molar refractivity (Wildman–Crippen MR) is 41.3 cm³/mol. The van der Waals surface area contributed by atoms with Crippen LogP contribution >= 0.6 is 11.5 Å². The highest BCUT2D eigenvalue weighted by Crippen LogP contribution is 2.25. The summed E-state index contributed by atoms with van der Waals surface area (Å²) in [6.07, 6.45) is 3.47. The normalized spacial score (nSPS) is 15.5. The third-order valence-electron chi connectivity index (χ3n) is 1.30. The van der Waals surface area contributed by atoms with Crippen molar-refractivity contribution in [1.29, 1.82) is 0 Å². The molecule has 1 aromatic rings. The number of hydrogen-bond donors (Lipinski definition) is 1. The molecule has 0 unspecified atom stereocenters. The van der Waals surface area contributed by atoms with Gasteiger partial charge in [0.15, 0.2) is 10.9 Å². The fourth-order valence-electron chi connectivity index (χ4n) is 0.820. The maximum atomic E-state index is 8.97. The van der Waals surface area contributed by atoms with Crippen LogP contribution in [0.5, 0.6) is 5.06 Å². The summed E-state index contributed by atoms with van der Waals surface area (Å²) in [4.78, 5) is 5.04. The number of anilines is 1. The summed E-state index contributed by atoms with van der Waals surface area (Å²) in [6, 6.07) is 1.57. The van der Waals surface area contributed by atoms with E-state index >= 15 is 0 Å². The molecule has 2 rings (SSSR count). The average Bonchev–Trinajstić information content (AvgIpc) is 2.55. The molecule has 0 aliphatic carbocycles. The summed E-state index contributed by atoms with van der Waals surface area (Å²) in [7, 11) is 0. The van der Waals surface area contributed by atoms with Crippen LogP contribution in [0.15, 0.2) is 18.4 Å². The molecular weight excluding hydrogens is 164 g/mol. The van der Waals surface area contributed by atoms with E-state index in [4.69, 9.17) is 9.94 Å². The molecule has 1 aliphatic rings. The van der Waals surface area contributed by atoms with Gasteiger partial charge in [0.25, 0.3) is 0 Å². The van der Waals surface area contributed by atoms with Crippen LogP contribution in [0, 0.1) is 0 Å². The molecule has 0 saturated carbocycles. The van der Waals surface area contributed by atoms with Crippen LogP contribution in [0.25, 0.3) is 0 Å². The first-order valence-electron chi connectivity index (χ1n) is 3.11. The highest BCUT2D eigenvalue weighted by Gasteiger charge is 2.12. The molecule has 2 heterocycles. The Morgan fingerprint density at radius 1 is 1.73 bits per heavy atom. The number of rotatable bonds is 1. The molecule has 0 amide bonds. The summed E-state index contributed by atoms with van der Waals surface area (Å²) in [5.74, 6) is 0.650. The van der Waals surface area contributed by atoms with Gasteiger partial charge in [-0.1, -0.05) is 0 Å². The van der Waals surface area contributed by atoms with Crippen molar-refractivity contribution in [2.75, 3.05) is 11.6 Å². The molecule has 58 valence electrons. The maximum Gasteiger partial charge on any atom is 0.193 e. The van der Waals surface area contributed by atoms with Crippen LogP contribution in [0.3, 0.4) is 0 Å². The molecule has 0 atom stereocenters. The van der Waals surface area contributed by atoms with Gasteiger partial charge in [-0.2, -0.15) is 9.44 Å². The van der Waals surface area contributed by atoms with E-state index in [9.17, 15) is 0 Å². The molecule has 5 heteroatoms. The van der Waals surface area contributed by atoms with E-state index in [1.807, 2.05) is 6.08 Å². The first kappa shape index (κ1) is 6.48. The second kappa shape index (κ2) is 2.43. The molecule has 4 nitrogen and oxygen atoms in total. The van der Waals surface area contributed by atoms with Crippen LogP contribution in [-0.2, 0) is 4.84 Å². The summed E-state index contributed by atoms with van der Waals surface area (Å²) >= 11 is 1.05. The Labute approximate surface area is 67.5 Å². The van der Waals surface area contributed by atoms with Gasteiger partial charge in [-0.15, -0.1) is 0 Å². The summed E-state index contributed by atoms with van der Waals surface area (Å²) in [6.45, 7) is 0.684. The Morgan fingerprint density at radius 2 is 2.64 bits per heavy atom. The first-order valence-corrected chi connectivity index (χ1v) is 3.88. The van der Waals surface area contributed by atoms with E-state index in [0.29, 0.717) is 12.4 Å². The van der Waals surface area contributed by atoms with Crippen LogP contribution in [0.1, 0.15) is 0 Å². The Morgan fingerprint density at radius 3 is 3.18 bits per heavy atom. The van der Waals surface area contributed by atoms with Crippen molar-refractivity contribution in [3.63, 3.8) is 0 Å². The zero-order valence-electron chi connectivity index (χ0n) is 5.60. The van der Waals surface area contributed by atoms with Gasteiger partial charge in [0.05, 0.1) is 6.54 Å². The fourth-order valence-corrected chi connectivity index (χ4v) is 1.31. The molecule has 0 spiro atoms. The average molecular weight is 170 g/mol. The molecule has 1 aliphatic heterocycles. The lowest BCUT2D eigenvalue weighted by molar-refractivity contribution is 0.244. The van der Waals surface area contributed by atoms with Crippen molar-refractivity contribution in [3.8, 4) is 5.06 Å². The van der Waals surface area contributed by atoms with Gasteiger partial charge in [-0.25, -0.2) is 0 Å². The quantitative estimate of drug-likeness (QED) is 0.685. The predicted octanol–water partition coefficient (Wildman–Crippen LogP) is 1.11. The highest BCUT2D eigenvalue weighted by atomic mass is 32.1. The van der Waals surface area contributed by atoms with Crippen molar-refractivity contribution in [3.05, 3.63) is 18.4 Å². The summed E-state index contributed by atoms with van der Waals surface area (Å²) < 4.78 is 3.95. The monoisotopic (exact) mass is 170 g/mol. The topological polar surface area (TPSA) is 45.6 Å². The molecule has 0 radical (unpaired) electrons. The first-order chi connectivity index (χ1) is 5.36.